The standard InChI is InChI=1S/C12H15F2NO2/c1-17-12(16)11(15)4-2-3-8-5-6-9(13)10(14)7-8/h5-7,11H,2-4,15H2,1H3. The van der Waals surface area contributed by atoms with Gasteiger partial charge >= 0.3 is 5.97 Å². The summed E-state index contributed by atoms with van der Waals surface area (Å²) in [5.74, 6) is -2.19. The van der Waals surface area contributed by atoms with Crippen LogP contribution in [0.15, 0.2) is 18.2 Å². The number of benzene rings is 1. The van der Waals surface area contributed by atoms with Crippen LogP contribution in [0.1, 0.15) is 18.4 Å². The van der Waals surface area contributed by atoms with Crippen LogP contribution in [-0.4, -0.2) is 19.1 Å². The number of methoxy groups -OCH3 is 1. The second-order valence-electron chi connectivity index (χ2n) is 3.77. The Balaban J connectivity index is 2.40. The van der Waals surface area contributed by atoms with Crippen LogP contribution in [0.4, 0.5) is 8.78 Å². The van der Waals surface area contributed by atoms with Crippen LogP contribution in [-0.2, 0) is 16.0 Å². The molecule has 1 atom stereocenters. The predicted octanol–water partition coefficient (Wildman–Crippen LogP) is 1.79. The molecule has 3 nitrogen and oxygen atoms in total. The Bertz CT molecular complexity index is 396. The fourth-order valence-corrected chi connectivity index (χ4v) is 1.49. The summed E-state index contributed by atoms with van der Waals surface area (Å²) < 4.78 is 30.0. The van der Waals surface area contributed by atoms with Gasteiger partial charge in [0, 0.05) is 0 Å². The van der Waals surface area contributed by atoms with E-state index in [-0.39, 0.29) is 0 Å². The highest BCUT2D eigenvalue weighted by atomic mass is 19.2. The quantitative estimate of drug-likeness (QED) is 0.802. The van der Waals surface area contributed by atoms with E-state index in [0.29, 0.717) is 24.8 Å². The summed E-state index contributed by atoms with van der Waals surface area (Å²) in [6.07, 6.45) is 1.61. The first-order valence-electron chi connectivity index (χ1n) is 5.32. The highest BCUT2D eigenvalue weighted by Gasteiger charge is 2.12. The Morgan fingerprint density at radius 2 is 2.12 bits per heavy atom. The van der Waals surface area contributed by atoms with Gasteiger partial charge in [0.2, 0.25) is 0 Å². The summed E-state index contributed by atoms with van der Waals surface area (Å²) in [5, 5.41) is 0. The fourth-order valence-electron chi connectivity index (χ4n) is 1.49. The van der Waals surface area contributed by atoms with Crippen LogP contribution in [0.2, 0.25) is 0 Å². The minimum atomic E-state index is -0.861. The summed E-state index contributed by atoms with van der Waals surface area (Å²) in [7, 11) is 1.28. The first-order chi connectivity index (χ1) is 8.04. The molecule has 0 spiro atoms. The molecule has 1 unspecified atom stereocenters. The summed E-state index contributed by atoms with van der Waals surface area (Å²) in [6.45, 7) is 0. The highest BCUT2D eigenvalue weighted by molar-refractivity contribution is 5.75. The van der Waals surface area contributed by atoms with Gasteiger partial charge < -0.3 is 10.5 Å². The molecule has 0 aliphatic rings. The summed E-state index contributed by atoms with van der Waals surface area (Å²) in [5.41, 5.74) is 6.22. The molecule has 0 fully saturated rings. The molecule has 0 amide bonds. The zero-order valence-electron chi connectivity index (χ0n) is 9.58. The molecule has 0 radical (unpaired) electrons. The number of hydrogen-bond acceptors (Lipinski definition) is 3. The molecule has 1 aromatic carbocycles. The van der Waals surface area contributed by atoms with Gasteiger partial charge in [-0.2, -0.15) is 0 Å². The molecule has 0 aliphatic heterocycles. The summed E-state index contributed by atoms with van der Waals surface area (Å²) in [6, 6.07) is 3.09. The molecular formula is C12H15F2NO2. The average molecular weight is 243 g/mol. The maximum absolute atomic E-state index is 12.9. The number of ether oxygens (including phenoxy) is 1. The van der Waals surface area contributed by atoms with E-state index in [1.165, 1.54) is 13.2 Å². The number of rotatable bonds is 5. The van der Waals surface area contributed by atoms with Crippen molar-refractivity contribution in [1.29, 1.82) is 0 Å². The molecule has 1 rings (SSSR count). The van der Waals surface area contributed by atoms with E-state index in [1.54, 1.807) is 0 Å². The SMILES string of the molecule is COC(=O)C(N)CCCc1ccc(F)c(F)c1. The lowest BCUT2D eigenvalue weighted by Gasteiger charge is -2.08. The van der Waals surface area contributed by atoms with E-state index in [2.05, 4.69) is 4.74 Å². The molecular weight excluding hydrogens is 228 g/mol. The lowest BCUT2D eigenvalue weighted by Crippen LogP contribution is -2.31. The van der Waals surface area contributed by atoms with Crippen molar-refractivity contribution >= 4 is 5.97 Å². The van der Waals surface area contributed by atoms with Crippen molar-refractivity contribution in [3.8, 4) is 0 Å². The second-order valence-corrected chi connectivity index (χ2v) is 3.77. The molecule has 0 saturated heterocycles. The van der Waals surface area contributed by atoms with Crippen molar-refractivity contribution in [1.82, 2.24) is 0 Å². The third-order valence-corrected chi connectivity index (χ3v) is 2.47. The molecule has 17 heavy (non-hydrogen) atoms. The lowest BCUT2D eigenvalue weighted by molar-refractivity contribution is -0.142. The van der Waals surface area contributed by atoms with Crippen molar-refractivity contribution in [2.75, 3.05) is 7.11 Å². The Morgan fingerprint density at radius 3 is 2.71 bits per heavy atom. The van der Waals surface area contributed by atoms with Gasteiger partial charge in [0.1, 0.15) is 6.04 Å². The highest BCUT2D eigenvalue weighted by Crippen LogP contribution is 2.11. The molecule has 0 bridgehead atoms. The third kappa shape index (κ3) is 4.11. The molecule has 5 heteroatoms. The van der Waals surface area contributed by atoms with Gasteiger partial charge in [-0.25, -0.2) is 8.78 Å². The number of hydrogen-bond donors (Lipinski definition) is 1. The smallest absolute Gasteiger partial charge is 0.322 e. The lowest BCUT2D eigenvalue weighted by atomic mass is 10.0. The van der Waals surface area contributed by atoms with Gasteiger partial charge in [0.25, 0.3) is 0 Å². The van der Waals surface area contributed by atoms with Crippen LogP contribution in [0.3, 0.4) is 0 Å². The fraction of sp³-hybridized carbons (Fsp3) is 0.417. The third-order valence-electron chi connectivity index (χ3n) is 2.47. The molecule has 0 aliphatic carbocycles. The van der Waals surface area contributed by atoms with Gasteiger partial charge in [0.05, 0.1) is 7.11 Å². The number of carbonyl (C=O) groups excluding carboxylic acids is 1. The number of halogens is 2. The van der Waals surface area contributed by atoms with Gasteiger partial charge in [-0.1, -0.05) is 6.07 Å². The van der Waals surface area contributed by atoms with Crippen LogP contribution in [0.25, 0.3) is 0 Å². The molecule has 0 saturated carbocycles. The largest absolute Gasteiger partial charge is 0.468 e. The van der Waals surface area contributed by atoms with E-state index in [0.717, 1.165) is 12.1 Å². The monoisotopic (exact) mass is 243 g/mol. The maximum atomic E-state index is 12.9. The van der Waals surface area contributed by atoms with Gasteiger partial charge in [-0.3, -0.25) is 4.79 Å². The van der Waals surface area contributed by atoms with Crippen molar-refractivity contribution in [2.24, 2.45) is 5.73 Å². The van der Waals surface area contributed by atoms with E-state index >= 15 is 0 Å². The normalized spacial score (nSPS) is 12.2. The first kappa shape index (κ1) is 13.6. The average Bonchev–Trinajstić information content (AvgIpc) is 2.32. The number of esters is 1. The Kier molecular flexibility index (Phi) is 5.03. The number of aryl methyl sites for hydroxylation is 1. The zero-order valence-corrected chi connectivity index (χ0v) is 9.58. The predicted molar refractivity (Wildman–Crippen MR) is 59.3 cm³/mol. The second kappa shape index (κ2) is 6.30. The topological polar surface area (TPSA) is 52.3 Å². The van der Waals surface area contributed by atoms with Gasteiger partial charge in [0.15, 0.2) is 11.6 Å². The van der Waals surface area contributed by atoms with Crippen LogP contribution < -0.4 is 5.73 Å². The van der Waals surface area contributed by atoms with Crippen molar-refractivity contribution in [2.45, 2.75) is 25.3 Å². The van der Waals surface area contributed by atoms with E-state index in [4.69, 9.17) is 5.73 Å². The Labute approximate surface area is 98.6 Å². The molecule has 1 aromatic rings. The molecule has 0 heterocycles. The summed E-state index contributed by atoms with van der Waals surface area (Å²) >= 11 is 0. The van der Waals surface area contributed by atoms with Crippen LogP contribution in [0.5, 0.6) is 0 Å². The molecule has 94 valence electrons. The Morgan fingerprint density at radius 1 is 1.41 bits per heavy atom. The number of carbonyl (C=O) groups is 1. The van der Waals surface area contributed by atoms with Crippen molar-refractivity contribution in [3.05, 3.63) is 35.4 Å². The molecule has 2 N–H and O–H groups in total. The van der Waals surface area contributed by atoms with E-state index < -0.39 is 23.6 Å². The number of nitrogens with two attached hydrogens (primary N) is 1. The molecule has 0 aromatic heterocycles. The minimum Gasteiger partial charge on any atom is -0.468 e. The van der Waals surface area contributed by atoms with Gasteiger partial charge in [-0.05, 0) is 37.0 Å². The van der Waals surface area contributed by atoms with Crippen molar-refractivity contribution < 1.29 is 18.3 Å². The van der Waals surface area contributed by atoms with E-state index in [9.17, 15) is 13.6 Å². The first-order valence-corrected chi connectivity index (χ1v) is 5.32. The minimum absolute atomic E-state index is 0.450. The van der Waals surface area contributed by atoms with E-state index in [1.807, 2.05) is 0 Å². The summed E-state index contributed by atoms with van der Waals surface area (Å²) in [4.78, 5) is 11.0. The van der Waals surface area contributed by atoms with Gasteiger partial charge in [-0.15, -0.1) is 0 Å². The van der Waals surface area contributed by atoms with Crippen molar-refractivity contribution in [3.63, 3.8) is 0 Å². The Hall–Kier alpha value is -1.49. The zero-order chi connectivity index (χ0) is 12.8. The maximum Gasteiger partial charge on any atom is 0.322 e. The van der Waals surface area contributed by atoms with Crippen LogP contribution >= 0.6 is 0 Å². The van der Waals surface area contributed by atoms with Crippen LogP contribution in [0, 0.1) is 11.6 Å².